The fourth-order valence-corrected chi connectivity index (χ4v) is 1.64. The van der Waals surface area contributed by atoms with Crippen molar-refractivity contribution in [1.82, 2.24) is 0 Å². The summed E-state index contributed by atoms with van der Waals surface area (Å²) in [6, 6.07) is 0. The largest absolute Gasteiger partial charge is 0.394 e. The van der Waals surface area contributed by atoms with Crippen LogP contribution in [-0.2, 0) is 0 Å². The highest BCUT2D eigenvalue weighted by Gasteiger charge is 2.00. The quantitative estimate of drug-likeness (QED) is 0.441. The lowest BCUT2D eigenvalue weighted by Crippen LogP contribution is -2.10. The van der Waals surface area contributed by atoms with Crippen LogP contribution in [0.5, 0.6) is 0 Å². The highest BCUT2D eigenvalue weighted by molar-refractivity contribution is 6.17. The van der Waals surface area contributed by atoms with Gasteiger partial charge in [-0.2, -0.15) is 0 Å². The number of rotatable bonds is 10. The number of aliphatic hydroxyl groups is 2. The summed E-state index contributed by atoms with van der Waals surface area (Å²) >= 11 is 5.56. The van der Waals surface area contributed by atoms with Gasteiger partial charge in [-0.05, 0) is 12.8 Å². The molecule has 2 nitrogen and oxygen atoms in total. The minimum Gasteiger partial charge on any atom is -0.394 e. The van der Waals surface area contributed by atoms with E-state index in [9.17, 15) is 0 Å². The lowest BCUT2D eigenvalue weighted by atomic mass is 10.1. The fourth-order valence-electron chi connectivity index (χ4n) is 1.45. The van der Waals surface area contributed by atoms with Crippen LogP contribution in [0.15, 0.2) is 0 Å². The van der Waals surface area contributed by atoms with Crippen LogP contribution in [0.1, 0.15) is 51.4 Å². The maximum absolute atomic E-state index is 9.07. The molecular weight excluding hydrogens is 200 g/mol. The average molecular weight is 223 g/mol. The van der Waals surface area contributed by atoms with E-state index in [0.717, 1.165) is 31.6 Å². The van der Waals surface area contributed by atoms with E-state index in [1.54, 1.807) is 0 Å². The molecule has 14 heavy (non-hydrogen) atoms. The highest BCUT2D eigenvalue weighted by atomic mass is 35.5. The van der Waals surface area contributed by atoms with Crippen molar-refractivity contribution in [2.45, 2.75) is 57.5 Å². The van der Waals surface area contributed by atoms with Crippen LogP contribution in [0.3, 0.4) is 0 Å². The van der Waals surface area contributed by atoms with E-state index < -0.39 is 6.10 Å². The molecule has 0 aliphatic carbocycles. The Morgan fingerprint density at radius 1 is 0.857 bits per heavy atom. The molecule has 0 saturated carbocycles. The minimum atomic E-state index is -0.508. The highest BCUT2D eigenvalue weighted by Crippen LogP contribution is 2.09. The predicted molar refractivity (Wildman–Crippen MR) is 60.7 cm³/mol. The van der Waals surface area contributed by atoms with Crippen molar-refractivity contribution in [3.63, 3.8) is 0 Å². The molecule has 0 rings (SSSR count). The Bertz CT molecular complexity index is 109. The number of unbranched alkanes of at least 4 members (excludes halogenated alkanes) is 6. The van der Waals surface area contributed by atoms with Gasteiger partial charge in [0.05, 0.1) is 12.7 Å². The monoisotopic (exact) mass is 222 g/mol. The van der Waals surface area contributed by atoms with E-state index in [4.69, 9.17) is 21.8 Å². The van der Waals surface area contributed by atoms with Crippen molar-refractivity contribution >= 4 is 11.6 Å². The number of alkyl halides is 1. The molecular formula is C11H23ClO2. The number of hydrogen-bond acceptors (Lipinski definition) is 2. The second kappa shape index (κ2) is 11.3. The molecule has 0 aromatic carbocycles. The molecule has 0 fully saturated rings. The second-order valence-electron chi connectivity index (χ2n) is 3.79. The SMILES string of the molecule is OCC(O)CCCCCCCCCCl. The molecule has 0 heterocycles. The molecule has 3 heteroatoms. The molecule has 1 unspecified atom stereocenters. The summed E-state index contributed by atoms with van der Waals surface area (Å²) in [6.07, 6.45) is 8.56. The summed E-state index contributed by atoms with van der Waals surface area (Å²) in [5, 5.41) is 17.6. The van der Waals surface area contributed by atoms with E-state index in [1.165, 1.54) is 25.7 Å². The smallest absolute Gasteiger partial charge is 0.0770 e. The summed E-state index contributed by atoms with van der Waals surface area (Å²) in [6.45, 7) is -0.101. The van der Waals surface area contributed by atoms with E-state index >= 15 is 0 Å². The summed E-state index contributed by atoms with van der Waals surface area (Å²) in [4.78, 5) is 0. The Morgan fingerprint density at radius 2 is 1.36 bits per heavy atom. The lowest BCUT2D eigenvalue weighted by Gasteiger charge is -2.05. The third-order valence-electron chi connectivity index (χ3n) is 2.38. The number of aliphatic hydroxyl groups excluding tert-OH is 2. The molecule has 0 aliphatic rings. The van der Waals surface area contributed by atoms with Gasteiger partial charge in [-0.3, -0.25) is 0 Å². The molecule has 0 aliphatic heterocycles. The van der Waals surface area contributed by atoms with Crippen LogP contribution < -0.4 is 0 Å². The van der Waals surface area contributed by atoms with Gasteiger partial charge in [-0.25, -0.2) is 0 Å². The lowest BCUT2D eigenvalue weighted by molar-refractivity contribution is 0.0860. The molecule has 0 aromatic rings. The minimum absolute atomic E-state index is 0.101. The molecule has 2 N–H and O–H groups in total. The zero-order valence-corrected chi connectivity index (χ0v) is 9.68. The zero-order chi connectivity index (χ0) is 10.6. The number of halogens is 1. The standard InChI is InChI=1S/C11H23ClO2/c12-9-7-5-3-1-2-4-6-8-11(14)10-13/h11,13-14H,1-10H2. The summed E-state index contributed by atoms with van der Waals surface area (Å²) in [5.74, 6) is 0.780. The number of hydrogen-bond donors (Lipinski definition) is 2. The van der Waals surface area contributed by atoms with Gasteiger partial charge in [-0.1, -0.05) is 38.5 Å². The van der Waals surface area contributed by atoms with Crippen molar-refractivity contribution < 1.29 is 10.2 Å². The van der Waals surface area contributed by atoms with Gasteiger partial charge in [0.15, 0.2) is 0 Å². The molecule has 0 aromatic heterocycles. The van der Waals surface area contributed by atoms with Crippen molar-refractivity contribution in [3.05, 3.63) is 0 Å². The zero-order valence-electron chi connectivity index (χ0n) is 8.92. The molecule has 86 valence electrons. The van der Waals surface area contributed by atoms with Crippen molar-refractivity contribution in [3.8, 4) is 0 Å². The molecule has 0 spiro atoms. The second-order valence-corrected chi connectivity index (χ2v) is 4.17. The third kappa shape index (κ3) is 10.3. The van der Waals surface area contributed by atoms with E-state index in [1.807, 2.05) is 0 Å². The first-order valence-corrected chi connectivity index (χ1v) is 6.19. The molecule has 0 radical (unpaired) electrons. The van der Waals surface area contributed by atoms with Crippen LogP contribution in [0.2, 0.25) is 0 Å². The van der Waals surface area contributed by atoms with E-state index in [-0.39, 0.29) is 6.61 Å². The normalized spacial score (nSPS) is 13.1. The molecule has 0 bridgehead atoms. The maximum atomic E-state index is 9.07. The Balaban J connectivity index is 2.92. The maximum Gasteiger partial charge on any atom is 0.0770 e. The molecule has 0 amide bonds. The Labute approximate surface area is 92.3 Å². The van der Waals surface area contributed by atoms with Crippen LogP contribution in [0, 0.1) is 0 Å². The van der Waals surface area contributed by atoms with Gasteiger partial charge < -0.3 is 10.2 Å². The average Bonchev–Trinajstić information content (AvgIpc) is 2.21. The van der Waals surface area contributed by atoms with Gasteiger partial charge in [0.25, 0.3) is 0 Å². The predicted octanol–water partition coefficient (Wildman–Crippen LogP) is 2.70. The van der Waals surface area contributed by atoms with Gasteiger partial charge >= 0.3 is 0 Å². The molecule has 0 saturated heterocycles. The summed E-state index contributed by atoms with van der Waals surface area (Å²) < 4.78 is 0. The van der Waals surface area contributed by atoms with E-state index in [2.05, 4.69) is 0 Å². The Hall–Kier alpha value is 0.210. The topological polar surface area (TPSA) is 40.5 Å². The summed E-state index contributed by atoms with van der Waals surface area (Å²) in [5.41, 5.74) is 0. The van der Waals surface area contributed by atoms with Gasteiger partial charge in [0, 0.05) is 5.88 Å². The first-order valence-electron chi connectivity index (χ1n) is 5.66. The Kier molecular flexibility index (Phi) is 11.5. The Morgan fingerprint density at radius 3 is 1.86 bits per heavy atom. The molecule has 1 atom stereocenters. The van der Waals surface area contributed by atoms with Crippen LogP contribution in [-0.4, -0.2) is 28.8 Å². The van der Waals surface area contributed by atoms with E-state index in [0.29, 0.717) is 0 Å². The van der Waals surface area contributed by atoms with Crippen molar-refractivity contribution in [1.29, 1.82) is 0 Å². The fraction of sp³-hybridized carbons (Fsp3) is 1.00. The first-order chi connectivity index (χ1) is 6.81. The van der Waals surface area contributed by atoms with Crippen molar-refractivity contribution in [2.75, 3.05) is 12.5 Å². The van der Waals surface area contributed by atoms with Crippen LogP contribution >= 0.6 is 11.6 Å². The summed E-state index contributed by atoms with van der Waals surface area (Å²) in [7, 11) is 0. The van der Waals surface area contributed by atoms with Gasteiger partial charge in [-0.15, -0.1) is 11.6 Å². The van der Waals surface area contributed by atoms with Crippen LogP contribution in [0.25, 0.3) is 0 Å². The van der Waals surface area contributed by atoms with Gasteiger partial charge in [0.1, 0.15) is 0 Å². The third-order valence-corrected chi connectivity index (χ3v) is 2.65. The van der Waals surface area contributed by atoms with Gasteiger partial charge in [0.2, 0.25) is 0 Å². The van der Waals surface area contributed by atoms with Crippen molar-refractivity contribution in [2.24, 2.45) is 0 Å². The van der Waals surface area contributed by atoms with Crippen LogP contribution in [0.4, 0.5) is 0 Å². The first kappa shape index (κ1) is 14.2.